The third kappa shape index (κ3) is 4.60. The van der Waals surface area contributed by atoms with Gasteiger partial charge in [0.05, 0.1) is 17.7 Å². The van der Waals surface area contributed by atoms with Gasteiger partial charge in [-0.2, -0.15) is 0 Å². The van der Waals surface area contributed by atoms with Crippen LogP contribution in [-0.2, 0) is 17.9 Å². The molecule has 1 heterocycles. The molecule has 0 aliphatic carbocycles. The number of hydrazine groups is 1. The molecule has 4 aromatic rings. The van der Waals surface area contributed by atoms with Crippen molar-refractivity contribution in [2.24, 2.45) is 0 Å². The van der Waals surface area contributed by atoms with Crippen LogP contribution in [0.5, 0.6) is 0 Å². The van der Waals surface area contributed by atoms with Crippen molar-refractivity contribution in [3.05, 3.63) is 101 Å². The molecule has 0 atom stereocenters. The molecule has 0 radical (unpaired) electrons. The maximum absolute atomic E-state index is 12.6. The van der Waals surface area contributed by atoms with Gasteiger partial charge in [0, 0.05) is 13.0 Å². The highest BCUT2D eigenvalue weighted by atomic mass is 16.4. The number of hydrogen-bond acceptors (Lipinski definition) is 4. The molecule has 1 amide bonds. The van der Waals surface area contributed by atoms with Crippen LogP contribution in [0.1, 0.15) is 18.4 Å². The van der Waals surface area contributed by atoms with E-state index in [0.29, 0.717) is 31.5 Å². The molecule has 3 aromatic carbocycles. The lowest BCUT2D eigenvalue weighted by Gasteiger charge is -2.25. The Balaban J connectivity index is 1.40. The molecule has 0 aliphatic rings. The molecular formula is C24H23N3O3. The fourth-order valence-corrected chi connectivity index (χ4v) is 3.40. The van der Waals surface area contributed by atoms with Gasteiger partial charge >= 0.3 is 5.76 Å². The van der Waals surface area contributed by atoms with E-state index < -0.39 is 5.76 Å². The van der Waals surface area contributed by atoms with E-state index >= 15 is 0 Å². The van der Waals surface area contributed by atoms with Gasteiger partial charge in [-0.15, -0.1) is 0 Å². The van der Waals surface area contributed by atoms with Crippen LogP contribution in [0.4, 0.5) is 5.69 Å². The molecule has 1 N–H and O–H groups in total. The van der Waals surface area contributed by atoms with Gasteiger partial charge in [0.15, 0.2) is 5.58 Å². The summed E-state index contributed by atoms with van der Waals surface area (Å²) in [7, 11) is 0. The number of aromatic nitrogens is 1. The molecule has 6 nitrogen and oxygen atoms in total. The number of amides is 1. The van der Waals surface area contributed by atoms with Crippen LogP contribution in [-0.4, -0.2) is 10.5 Å². The number of fused-ring (bicyclic) bond motifs is 1. The van der Waals surface area contributed by atoms with Gasteiger partial charge < -0.3 is 4.42 Å². The van der Waals surface area contributed by atoms with E-state index in [0.717, 1.165) is 16.8 Å². The highest BCUT2D eigenvalue weighted by Gasteiger charge is 2.13. The lowest BCUT2D eigenvalue weighted by atomic mass is 10.2. The van der Waals surface area contributed by atoms with Crippen molar-refractivity contribution in [3.8, 4) is 0 Å². The lowest BCUT2D eigenvalue weighted by Crippen LogP contribution is -2.42. The summed E-state index contributed by atoms with van der Waals surface area (Å²) < 4.78 is 6.81. The van der Waals surface area contributed by atoms with Crippen LogP contribution in [0.3, 0.4) is 0 Å². The van der Waals surface area contributed by atoms with E-state index in [2.05, 4.69) is 5.43 Å². The zero-order chi connectivity index (χ0) is 20.8. The number of carbonyl (C=O) groups excluding carboxylic acids is 1. The third-order valence-corrected chi connectivity index (χ3v) is 4.87. The SMILES string of the molecule is O=C(CCCn1c(=O)oc2ccccc21)NN(Cc1ccccc1)c1ccccc1. The molecule has 0 saturated heterocycles. The van der Waals surface area contributed by atoms with Crippen molar-refractivity contribution < 1.29 is 9.21 Å². The summed E-state index contributed by atoms with van der Waals surface area (Å²) in [6.45, 7) is 0.982. The second kappa shape index (κ2) is 9.13. The van der Waals surface area contributed by atoms with E-state index in [-0.39, 0.29) is 5.91 Å². The highest BCUT2D eigenvalue weighted by molar-refractivity contribution is 5.78. The van der Waals surface area contributed by atoms with Gasteiger partial charge in [0.1, 0.15) is 0 Å². The van der Waals surface area contributed by atoms with Gasteiger partial charge in [-0.1, -0.05) is 60.7 Å². The van der Waals surface area contributed by atoms with Crippen molar-refractivity contribution in [1.82, 2.24) is 9.99 Å². The number of aryl methyl sites for hydroxylation is 1. The minimum absolute atomic E-state index is 0.101. The number of hydrogen-bond donors (Lipinski definition) is 1. The first-order chi connectivity index (χ1) is 14.7. The van der Waals surface area contributed by atoms with Crippen molar-refractivity contribution in [3.63, 3.8) is 0 Å². The Morgan fingerprint density at radius 3 is 2.33 bits per heavy atom. The monoisotopic (exact) mass is 401 g/mol. The summed E-state index contributed by atoms with van der Waals surface area (Å²) >= 11 is 0. The summed E-state index contributed by atoms with van der Waals surface area (Å²) in [5, 5.41) is 1.84. The lowest BCUT2D eigenvalue weighted by molar-refractivity contribution is -0.121. The Morgan fingerprint density at radius 1 is 0.900 bits per heavy atom. The van der Waals surface area contributed by atoms with E-state index in [1.54, 1.807) is 10.6 Å². The van der Waals surface area contributed by atoms with Crippen molar-refractivity contribution >= 4 is 22.7 Å². The fourth-order valence-electron chi connectivity index (χ4n) is 3.40. The topological polar surface area (TPSA) is 67.5 Å². The van der Waals surface area contributed by atoms with Crippen LogP contribution < -0.4 is 16.2 Å². The Bertz CT molecular complexity index is 1170. The standard InChI is InChI=1S/C24H23N3O3/c28-23(16-9-17-26-21-14-7-8-15-22(21)30-24(26)29)25-27(20-12-5-2-6-13-20)18-19-10-3-1-4-11-19/h1-8,10-15H,9,16-18H2,(H,25,28). The average Bonchev–Trinajstić information content (AvgIpc) is 3.10. The number of benzene rings is 3. The summed E-state index contributed by atoms with van der Waals surface area (Å²) in [6, 6.07) is 27.0. The van der Waals surface area contributed by atoms with Crippen LogP contribution in [0.15, 0.2) is 94.1 Å². The van der Waals surface area contributed by atoms with Crippen LogP contribution in [0, 0.1) is 0 Å². The molecule has 0 aliphatic heterocycles. The first-order valence-corrected chi connectivity index (χ1v) is 9.95. The van der Waals surface area contributed by atoms with Crippen molar-refractivity contribution in [2.75, 3.05) is 5.01 Å². The number of nitrogens with zero attached hydrogens (tertiary/aromatic N) is 2. The van der Waals surface area contributed by atoms with Crippen molar-refractivity contribution in [1.29, 1.82) is 0 Å². The van der Waals surface area contributed by atoms with E-state index in [9.17, 15) is 9.59 Å². The fraction of sp³-hybridized carbons (Fsp3) is 0.167. The Hall–Kier alpha value is -3.80. The molecule has 6 heteroatoms. The highest BCUT2D eigenvalue weighted by Crippen LogP contribution is 2.15. The van der Waals surface area contributed by atoms with Crippen LogP contribution in [0.25, 0.3) is 11.1 Å². The Labute approximate surface area is 174 Å². The van der Waals surface area contributed by atoms with E-state index in [1.165, 1.54) is 0 Å². The number of para-hydroxylation sites is 3. The minimum Gasteiger partial charge on any atom is -0.408 e. The number of oxazole rings is 1. The summed E-state index contributed by atoms with van der Waals surface area (Å²) in [5.74, 6) is -0.498. The van der Waals surface area contributed by atoms with E-state index in [1.807, 2.05) is 83.9 Å². The molecule has 30 heavy (non-hydrogen) atoms. The molecule has 0 bridgehead atoms. The number of carbonyl (C=O) groups is 1. The number of nitrogens with one attached hydrogen (secondary N) is 1. The molecule has 0 spiro atoms. The second-order valence-electron chi connectivity index (χ2n) is 7.03. The smallest absolute Gasteiger partial charge is 0.408 e. The Morgan fingerprint density at radius 2 is 1.57 bits per heavy atom. The molecule has 152 valence electrons. The van der Waals surface area contributed by atoms with Crippen LogP contribution >= 0.6 is 0 Å². The van der Waals surface area contributed by atoms with Gasteiger partial charge in [-0.25, -0.2) is 4.79 Å². The zero-order valence-corrected chi connectivity index (χ0v) is 16.5. The summed E-state index contributed by atoms with van der Waals surface area (Å²) in [6.07, 6.45) is 0.827. The number of anilines is 1. The summed E-state index contributed by atoms with van der Waals surface area (Å²) in [4.78, 5) is 24.7. The average molecular weight is 401 g/mol. The van der Waals surface area contributed by atoms with Crippen molar-refractivity contribution in [2.45, 2.75) is 25.9 Å². The predicted molar refractivity (Wildman–Crippen MR) is 117 cm³/mol. The Kier molecular flexibility index (Phi) is 5.94. The largest absolute Gasteiger partial charge is 0.419 e. The maximum Gasteiger partial charge on any atom is 0.419 e. The number of rotatable bonds is 8. The molecular weight excluding hydrogens is 378 g/mol. The molecule has 0 fully saturated rings. The first-order valence-electron chi connectivity index (χ1n) is 9.95. The third-order valence-electron chi connectivity index (χ3n) is 4.87. The molecule has 4 rings (SSSR count). The van der Waals surface area contributed by atoms with Gasteiger partial charge in [-0.05, 0) is 36.2 Å². The van der Waals surface area contributed by atoms with E-state index in [4.69, 9.17) is 4.42 Å². The first kappa shape index (κ1) is 19.5. The van der Waals surface area contributed by atoms with Crippen LogP contribution in [0.2, 0.25) is 0 Å². The molecule has 0 saturated carbocycles. The zero-order valence-electron chi connectivity index (χ0n) is 16.5. The second-order valence-corrected chi connectivity index (χ2v) is 7.03. The predicted octanol–water partition coefficient (Wildman–Crippen LogP) is 4.11. The normalized spacial score (nSPS) is 10.8. The van der Waals surface area contributed by atoms with Gasteiger partial charge in [0.2, 0.25) is 5.91 Å². The molecule has 1 aromatic heterocycles. The maximum atomic E-state index is 12.6. The van der Waals surface area contributed by atoms with Gasteiger partial charge in [-0.3, -0.25) is 19.8 Å². The minimum atomic E-state index is -0.397. The quantitative estimate of drug-likeness (QED) is 0.451. The van der Waals surface area contributed by atoms with Gasteiger partial charge in [0.25, 0.3) is 0 Å². The summed E-state index contributed by atoms with van der Waals surface area (Å²) in [5.41, 5.74) is 6.31. The molecule has 0 unspecified atom stereocenters.